The molecule has 0 bridgehead atoms. The molecule has 2 aromatic rings. The molecule has 1 heterocycles. The van der Waals surface area contributed by atoms with Gasteiger partial charge in [0.1, 0.15) is 22.7 Å². The molecule has 17 heteroatoms. The van der Waals surface area contributed by atoms with Crippen molar-refractivity contribution < 1.29 is 58.2 Å². The topological polar surface area (TPSA) is 76.5 Å². The Morgan fingerprint density at radius 2 is 1.58 bits per heavy atom. The number of benzene rings is 1. The Hall–Kier alpha value is -3.53. The van der Waals surface area contributed by atoms with Crippen LogP contribution in [-0.2, 0) is 30.4 Å². The van der Waals surface area contributed by atoms with Crippen LogP contribution in [0.15, 0.2) is 12.1 Å². The van der Waals surface area contributed by atoms with Crippen LogP contribution in [0, 0.1) is 11.6 Å². The fourth-order valence-corrected chi connectivity index (χ4v) is 3.14. The third-order valence-corrected chi connectivity index (χ3v) is 4.83. The Labute approximate surface area is 208 Å². The number of alkyl halides is 8. The highest BCUT2D eigenvalue weighted by molar-refractivity contribution is 6.06. The van der Waals surface area contributed by atoms with E-state index >= 15 is 4.39 Å². The van der Waals surface area contributed by atoms with E-state index in [2.05, 4.69) is 5.10 Å². The van der Waals surface area contributed by atoms with Crippen molar-refractivity contribution in [1.82, 2.24) is 15.1 Å². The predicted octanol–water partition coefficient (Wildman–Crippen LogP) is 5.67. The van der Waals surface area contributed by atoms with Gasteiger partial charge in [-0.2, -0.15) is 40.2 Å². The minimum atomic E-state index is -6.49. The van der Waals surface area contributed by atoms with Gasteiger partial charge in [0.15, 0.2) is 11.5 Å². The van der Waals surface area contributed by atoms with Gasteiger partial charge in [0.25, 0.3) is 5.91 Å². The molecule has 212 valence electrons. The number of halogens is 10. The van der Waals surface area contributed by atoms with E-state index < -0.39 is 82.3 Å². The number of nitrogens with one attached hydrogen (secondary N) is 1. The van der Waals surface area contributed by atoms with Crippen LogP contribution in [0.2, 0.25) is 0 Å². The Morgan fingerprint density at radius 3 is 2.05 bits per heavy atom. The van der Waals surface area contributed by atoms with E-state index in [1.165, 1.54) is 20.8 Å². The molecule has 2 amide bonds. The van der Waals surface area contributed by atoms with Gasteiger partial charge < -0.3 is 15.0 Å². The smallest absolute Gasteiger partial charge is 0.444 e. The third-order valence-electron chi connectivity index (χ3n) is 4.83. The van der Waals surface area contributed by atoms with Gasteiger partial charge >= 0.3 is 24.4 Å². The summed E-state index contributed by atoms with van der Waals surface area (Å²) < 4.78 is 141. The molecule has 0 atom stereocenters. The Kier molecular flexibility index (Phi) is 8.06. The van der Waals surface area contributed by atoms with Crippen LogP contribution in [0.1, 0.15) is 48.1 Å². The maximum atomic E-state index is 15.1. The zero-order chi connectivity index (χ0) is 29.6. The summed E-state index contributed by atoms with van der Waals surface area (Å²) in [4.78, 5) is 24.8. The number of hydrogen-bond donors (Lipinski definition) is 1. The van der Waals surface area contributed by atoms with Crippen LogP contribution in [0.25, 0.3) is 0 Å². The highest BCUT2D eigenvalue weighted by atomic mass is 19.4. The summed E-state index contributed by atoms with van der Waals surface area (Å²) in [7, 11) is 1.17. The number of carbonyl (C=O) groups is 2. The lowest BCUT2D eigenvalue weighted by atomic mass is 10.1. The molecule has 0 saturated carbocycles. The number of rotatable bonds is 5. The largest absolute Gasteiger partial charge is 0.459 e. The maximum absolute atomic E-state index is 15.1. The SMILES string of the molecule is CN(C(=O)c1c(C(F)(F)F)c(C(F)(F)C(F)(F)F)nn1C)c1ccc(F)c(CNC(=O)OC(C)(C)C)c1F. The van der Waals surface area contributed by atoms with Crippen LogP contribution < -0.4 is 10.2 Å². The molecule has 0 fully saturated rings. The van der Waals surface area contributed by atoms with Crippen LogP contribution in [-0.4, -0.2) is 40.6 Å². The molecule has 0 aliphatic heterocycles. The van der Waals surface area contributed by atoms with Gasteiger partial charge in [-0.05, 0) is 32.9 Å². The van der Waals surface area contributed by atoms with E-state index in [1.807, 2.05) is 5.32 Å². The second-order valence-corrected chi connectivity index (χ2v) is 8.84. The van der Waals surface area contributed by atoms with E-state index in [0.29, 0.717) is 26.2 Å². The molecule has 0 radical (unpaired) electrons. The van der Waals surface area contributed by atoms with Gasteiger partial charge in [-0.3, -0.25) is 9.48 Å². The summed E-state index contributed by atoms with van der Waals surface area (Å²) in [5, 5.41) is 4.65. The average molecular weight is 566 g/mol. The van der Waals surface area contributed by atoms with Crippen molar-refractivity contribution in [2.24, 2.45) is 7.05 Å². The highest BCUT2D eigenvalue weighted by Gasteiger charge is 2.64. The van der Waals surface area contributed by atoms with Gasteiger partial charge in [0.2, 0.25) is 0 Å². The summed E-state index contributed by atoms with van der Waals surface area (Å²) in [5.41, 5.74) is -9.96. The number of anilines is 1. The summed E-state index contributed by atoms with van der Waals surface area (Å²) >= 11 is 0. The summed E-state index contributed by atoms with van der Waals surface area (Å²) in [5.74, 6) is -10.8. The molecule has 38 heavy (non-hydrogen) atoms. The lowest BCUT2D eigenvalue weighted by molar-refractivity contribution is -0.292. The zero-order valence-electron chi connectivity index (χ0n) is 20.2. The quantitative estimate of drug-likeness (QED) is 0.474. The second kappa shape index (κ2) is 9.98. The maximum Gasteiger partial charge on any atom is 0.459 e. The normalized spacial score (nSPS) is 12.9. The first kappa shape index (κ1) is 30.7. The minimum absolute atomic E-state index is 0.132. The third kappa shape index (κ3) is 6.12. The molecule has 0 spiro atoms. The average Bonchev–Trinajstić information content (AvgIpc) is 3.09. The van der Waals surface area contributed by atoms with Crippen molar-refractivity contribution in [1.29, 1.82) is 0 Å². The van der Waals surface area contributed by atoms with E-state index in [4.69, 9.17) is 4.74 Å². The first-order chi connectivity index (χ1) is 17.0. The lowest BCUT2D eigenvalue weighted by Crippen LogP contribution is -2.36. The molecular formula is C21H20F10N4O3. The van der Waals surface area contributed by atoms with E-state index in [0.717, 1.165) is 0 Å². The van der Waals surface area contributed by atoms with Crippen LogP contribution >= 0.6 is 0 Å². The molecule has 0 unspecified atom stereocenters. The number of hydrogen-bond acceptors (Lipinski definition) is 4. The number of amides is 2. The van der Waals surface area contributed by atoms with Crippen molar-refractivity contribution in [3.63, 3.8) is 0 Å². The highest BCUT2D eigenvalue weighted by Crippen LogP contribution is 2.48. The summed E-state index contributed by atoms with van der Waals surface area (Å²) in [6.07, 6.45) is -13.5. The molecular weight excluding hydrogens is 546 g/mol. The summed E-state index contributed by atoms with van der Waals surface area (Å²) in [6, 6.07) is 1.19. The fraction of sp³-hybridized carbons (Fsp3) is 0.476. The molecule has 2 rings (SSSR count). The van der Waals surface area contributed by atoms with Crippen molar-refractivity contribution in [3.05, 3.63) is 46.3 Å². The minimum Gasteiger partial charge on any atom is -0.444 e. The number of ether oxygens (including phenoxy) is 1. The van der Waals surface area contributed by atoms with Gasteiger partial charge in [-0.15, -0.1) is 0 Å². The van der Waals surface area contributed by atoms with Crippen molar-refractivity contribution >= 4 is 17.7 Å². The van der Waals surface area contributed by atoms with Gasteiger partial charge in [-0.1, -0.05) is 0 Å². The van der Waals surface area contributed by atoms with Crippen molar-refractivity contribution in [2.75, 3.05) is 11.9 Å². The number of nitrogens with zero attached hydrogens (tertiary/aromatic N) is 3. The fourth-order valence-electron chi connectivity index (χ4n) is 3.14. The van der Waals surface area contributed by atoms with Gasteiger partial charge in [0.05, 0.1) is 12.2 Å². The Morgan fingerprint density at radius 1 is 1.03 bits per heavy atom. The van der Waals surface area contributed by atoms with Crippen molar-refractivity contribution in [2.45, 2.75) is 51.2 Å². The Bertz CT molecular complexity index is 1230. The van der Waals surface area contributed by atoms with Crippen LogP contribution in [0.5, 0.6) is 0 Å². The zero-order valence-corrected chi connectivity index (χ0v) is 20.2. The van der Waals surface area contributed by atoms with E-state index in [1.54, 1.807) is 0 Å². The Balaban J connectivity index is 2.56. The number of alkyl carbamates (subject to hydrolysis) is 1. The van der Waals surface area contributed by atoms with Gasteiger partial charge in [-0.25, -0.2) is 13.6 Å². The molecule has 0 saturated heterocycles. The van der Waals surface area contributed by atoms with E-state index in [-0.39, 0.29) is 9.58 Å². The number of aromatic nitrogens is 2. The molecule has 1 aromatic heterocycles. The molecule has 0 aliphatic carbocycles. The lowest BCUT2D eigenvalue weighted by Gasteiger charge is -2.22. The van der Waals surface area contributed by atoms with Crippen LogP contribution in [0.3, 0.4) is 0 Å². The van der Waals surface area contributed by atoms with Crippen molar-refractivity contribution in [3.8, 4) is 0 Å². The van der Waals surface area contributed by atoms with Gasteiger partial charge in [0, 0.05) is 19.7 Å². The van der Waals surface area contributed by atoms with E-state index in [9.17, 15) is 49.1 Å². The number of carbonyl (C=O) groups excluding carboxylic acids is 2. The molecule has 1 aromatic carbocycles. The molecule has 0 aliphatic rings. The predicted molar refractivity (Wildman–Crippen MR) is 110 cm³/mol. The molecule has 1 N–H and O–H groups in total. The first-order valence-corrected chi connectivity index (χ1v) is 10.3. The molecule has 7 nitrogen and oxygen atoms in total. The summed E-state index contributed by atoms with van der Waals surface area (Å²) in [6.45, 7) is 3.65. The second-order valence-electron chi connectivity index (χ2n) is 8.84. The first-order valence-electron chi connectivity index (χ1n) is 10.3. The standard InChI is InChI=1S/C21H20F10N4O3/c1-18(2,3)38-17(37)32-8-9-10(22)6-7-11(13(9)23)34(4)16(36)14-12(20(26,27)28)15(33-35(14)5)19(24,25)21(29,30)31/h6-7H,8H2,1-5H3,(H,32,37). The van der Waals surface area contributed by atoms with Crippen LogP contribution in [0.4, 0.5) is 54.4 Å². The monoisotopic (exact) mass is 566 g/mol. The number of aryl methyl sites for hydroxylation is 1.